The maximum absolute atomic E-state index is 10.9. The minimum absolute atomic E-state index is 0.103. The van der Waals surface area contributed by atoms with Gasteiger partial charge < -0.3 is 4.74 Å². The maximum Gasteiger partial charge on any atom is 0.306 e. The van der Waals surface area contributed by atoms with Gasteiger partial charge >= 0.3 is 5.97 Å². The molecule has 0 aliphatic heterocycles. The Balaban J connectivity index is 3.60. The van der Waals surface area contributed by atoms with Crippen molar-refractivity contribution in [1.82, 2.24) is 0 Å². The molecule has 0 N–H and O–H groups in total. The van der Waals surface area contributed by atoms with Gasteiger partial charge in [0, 0.05) is 5.75 Å². The van der Waals surface area contributed by atoms with Gasteiger partial charge in [0.15, 0.2) is 0 Å². The van der Waals surface area contributed by atoms with E-state index < -0.39 is 0 Å². The van der Waals surface area contributed by atoms with Crippen molar-refractivity contribution in [1.29, 1.82) is 0 Å². The lowest BCUT2D eigenvalue weighted by Gasteiger charge is -2.21. The van der Waals surface area contributed by atoms with Gasteiger partial charge in [0.25, 0.3) is 0 Å². The summed E-state index contributed by atoms with van der Waals surface area (Å²) in [5, 5.41) is 0. The molecule has 0 aromatic heterocycles. The van der Waals surface area contributed by atoms with Crippen LogP contribution in [-0.2, 0) is 9.53 Å². The lowest BCUT2D eigenvalue weighted by molar-refractivity contribution is -0.146. The van der Waals surface area contributed by atoms with Crippen molar-refractivity contribution >= 4 is 18.6 Å². The summed E-state index contributed by atoms with van der Waals surface area (Å²) in [5.74, 6) is 0.414. The molecule has 0 bridgehead atoms. The Morgan fingerprint density at radius 2 is 2.08 bits per heavy atom. The van der Waals surface area contributed by atoms with E-state index in [1.165, 1.54) is 0 Å². The van der Waals surface area contributed by atoms with Gasteiger partial charge in [0.05, 0.1) is 13.0 Å². The molecular formula is C9H18O2S. The molecule has 0 amide bonds. The molecule has 0 aliphatic rings. The predicted octanol–water partition coefficient (Wildman–Crippen LogP) is 2.29. The fraction of sp³-hybridized carbons (Fsp3) is 0.889. The summed E-state index contributed by atoms with van der Waals surface area (Å²) >= 11 is 3.95. The van der Waals surface area contributed by atoms with E-state index in [0.717, 1.165) is 6.42 Å². The summed E-state index contributed by atoms with van der Waals surface area (Å²) in [6.07, 6.45) is 1.42. The molecule has 0 heterocycles. The average Bonchev–Trinajstić information content (AvgIpc) is 2.02. The first-order valence-corrected chi connectivity index (χ1v) is 4.91. The van der Waals surface area contributed by atoms with Gasteiger partial charge in [0.1, 0.15) is 0 Å². The number of hydrogen-bond donors (Lipinski definition) is 1. The molecule has 0 saturated heterocycles. The number of rotatable bonds is 5. The molecule has 0 aliphatic carbocycles. The van der Waals surface area contributed by atoms with E-state index in [2.05, 4.69) is 33.4 Å². The van der Waals surface area contributed by atoms with Gasteiger partial charge in [-0.25, -0.2) is 0 Å². The van der Waals surface area contributed by atoms with E-state index in [0.29, 0.717) is 18.8 Å². The molecular weight excluding hydrogens is 172 g/mol. The average molecular weight is 190 g/mol. The Bertz CT molecular complexity index is 143. The molecule has 12 heavy (non-hydrogen) atoms. The normalized spacial score (nSPS) is 11.3. The second-order valence-electron chi connectivity index (χ2n) is 3.65. The molecule has 2 nitrogen and oxygen atoms in total. The van der Waals surface area contributed by atoms with E-state index in [1.807, 2.05) is 0 Å². The molecule has 3 heteroatoms. The number of carbonyl (C=O) groups is 1. The molecule has 0 unspecified atom stereocenters. The van der Waals surface area contributed by atoms with E-state index in [1.54, 1.807) is 0 Å². The van der Waals surface area contributed by atoms with Crippen LogP contribution < -0.4 is 0 Å². The van der Waals surface area contributed by atoms with Gasteiger partial charge in [-0.05, 0) is 11.8 Å². The quantitative estimate of drug-likeness (QED) is 0.532. The van der Waals surface area contributed by atoms with Gasteiger partial charge in [-0.15, -0.1) is 0 Å². The first-order chi connectivity index (χ1) is 5.52. The van der Waals surface area contributed by atoms with Crippen LogP contribution in [-0.4, -0.2) is 18.3 Å². The van der Waals surface area contributed by atoms with Crippen molar-refractivity contribution in [3.63, 3.8) is 0 Å². The van der Waals surface area contributed by atoms with Crippen molar-refractivity contribution < 1.29 is 9.53 Å². The van der Waals surface area contributed by atoms with Gasteiger partial charge in [-0.1, -0.05) is 20.8 Å². The molecule has 72 valence electrons. The van der Waals surface area contributed by atoms with Crippen LogP contribution in [0, 0.1) is 5.41 Å². The van der Waals surface area contributed by atoms with Crippen molar-refractivity contribution in [2.24, 2.45) is 5.41 Å². The van der Waals surface area contributed by atoms with Gasteiger partial charge in [-0.3, -0.25) is 4.79 Å². The Hall–Kier alpha value is -0.180. The van der Waals surface area contributed by atoms with Crippen LogP contribution >= 0.6 is 12.6 Å². The first kappa shape index (κ1) is 11.8. The molecule has 0 aromatic rings. The summed E-state index contributed by atoms with van der Waals surface area (Å²) in [4.78, 5) is 10.9. The van der Waals surface area contributed by atoms with Crippen LogP contribution in [0.2, 0.25) is 0 Å². The molecule has 0 atom stereocenters. The number of hydrogen-bond acceptors (Lipinski definition) is 3. The van der Waals surface area contributed by atoms with E-state index in [4.69, 9.17) is 4.74 Å². The summed E-state index contributed by atoms with van der Waals surface area (Å²) < 4.78 is 5.05. The number of thiol groups is 1. The lowest BCUT2D eigenvalue weighted by atomic mass is 9.92. The highest BCUT2D eigenvalue weighted by molar-refractivity contribution is 7.80. The topological polar surface area (TPSA) is 26.3 Å². The zero-order valence-corrected chi connectivity index (χ0v) is 8.99. The molecule has 0 aromatic carbocycles. The Labute approximate surface area is 80.1 Å². The Morgan fingerprint density at radius 1 is 1.50 bits per heavy atom. The summed E-state index contributed by atoms with van der Waals surface area (Å²) in [6.45, 7) is 6.77. The largest absolute Gasteiger partial charge is 0.465 e. The highest BCUT2D eigenvalue weighted by Crippen LogP contribution is 2.19. The Morgan fingerprint density at radius 3 is 2.50 bits per heavy atom. The van der Waals surface area contributed by atoms with Gasteiger partial charge in [-0.2, -0.15) is 12.6 Å². The predicted molar refractivity (Wildman–Crippen MR) is 53.5 cm³/mol. The minimum Gasteiger partial charge on any atom is -0.465 e. The van der Waals surface area contributed by atoms with Crippen molar-refractivity contribution in [3.05, 3.63) is 0 Å². The molecule has 0 fully saturated rings. The van der Waals surface area contributed by atoms with Crippen LogP contribution in [0.25, 0.3) is 0 Å². The van der Waals surface area contributed by atoms with Crippen LogP contribution in [0.15, 0.2) is 0 Å². The first-order valence-electron chi connectivity index (χ1n) is 4.28. The second kappa shape index (κ2) is 5.46. The highest BCUT2D eigenvalue weighted by atomic mass is 32.1. The van der Waals surface area contributed by atoms with Crippen LogP contribution in [0.1, 0.15) is 33.6 Å². The summed E-state index contributed by atoms with van der Waals surface area (Å²) in [5.41, 5.74) is 0.103. The molecule has 0 rings (SSSR count). The van der Waals surface area contributed by atoms with E-state index in [-0.39, 0.29) is 11.4 Å². The third kappa shape index (κ3) is 5.47. The van der Waals surface area contributed by atoms with Gasteiger partial charge in [0.2, 0.25) is 0 Å². The molecule has 0 saturated carbocycles. The SMILES string of the molecule is CCC(C)(C)COC(=O)CCS. The summed E-state index contributed by atoms with van der Waals surface area (Å²) in [7, 11) is 0. The third-order valence-corrected chi connectivity index (χ3v) is 2.12. The fourth-order valence-corrected chi connectivity index (χ4v) is 0.724. The second-order valence-corrected chi connectivity index (χ2v) is 4.10. The highest BCUT2D eigenvalue weighted by Gasteiger charge is 2.17. The molecule has 0 radical (unpaired) electrons. The Kier molecular flexibility index (Phi) is 5.38. The smallest absolute Gasteiger partial charge is 0.306 e. The number of carbonyl (C=O) groups excluding carboxylic acids is 1. The zero-order chi connectivity index (χ0) is 9.61. The van der Waals surface area contributed by atoms with Crippen LogP contribution in [0.3, 0.4) is 0 Å². The number of ether oxygens (including phenoxy) is 1. The molecule has 0 spiro atoms. The number of esters is 1. The monoisotopic (exact) mass is 190 g/mol. The minimum atomic E-state index is -0.147. The fourth-order valence-electron chi connectivity index (χ4n) is 0.541. The lowest BCUT2D eigenvalue weighted by Crippen LogP contribution is -2.21. The van der Waals surface area contributed by atoms with Crippen LogP contribution in [0.4, 0.5) is 0 Å². The van der Waals surface area contributed by atoms with E-state index >= 15 is 0 Å². The standard InChI is InChI=1S/C9H18O2S/c1-4-9(2,3)7-11-8(10)5-6-12/h12H,4-7H2,1-3H3. The van der Waals surface area contributed by atoms with Crippen LogP contribution in [0.5, 0.6) is 0 Å². The zero-order valence-electron chi connectivity index (χ0n) is 8.09. The van der Waals surface area contributed by atoms with E-state index in [9.17, 15) is 4.79 Å². The van der Waals surface area contributed by atoms with Crippen molar-refractivity contribution in [2.45, 2.75) is 33.6 Å². The van der Waals surface area contributed by atoms with Crippen molar-refractivity contribution in [3.8, 4) is 0 Å². The third-order valence-electron chi connectivity index (χ3n) is 1.90. The summed E-state index contributed by atoms with van der Waals surface area (Å²) in [6, 6.07) is 0. The maximum atomic E-state index is 10.9. The van der Waals surface area contributed by atoms with Crippen molar-refractivity contribution in [2.75, 3.05) is 12.4 Å².